The first-order valence-electron chi connectivity index (χ1n) is 12.4. The van der Waals surface area contributed by atoms with Gasteiger partial charge >= 0.3 is 0 Å². The first-order valence-corrected chi connectivity index (χ1v) is 14.0. The highest BCUT2D eigenvalue weighted by Crippen LogP contribution is 2.42. The predicted octanol–water partition coefficient (Wildman–Crippen LogP) is 6.76. The minimum absolute atomic E-state index is 0.0876. The van der Waals surface area contributed by atoms with E-state index in [1.165, 1.54) is 23.9 Å². The molecule has 0 radical (unpaired) electrons. The molecule has 1 aromatic heterocycles. The molecule has 10 heteroatoms. The van der Waals surface area contributed by atoms with Gasteiger partial charge in [-0.3, -0.25) is 0 Å². The summed E-state index contributed by atoms with van der Waals surface area (Å²) in [5.41, 5.74) is 1.16. The molecule has 1 unspecified atom stereocenters. The first kappa shape index (κ1) is 28.1. The van der Waals surface area contributed by atoms with E-state index in [0.29, 0.717) is 26.9 Å². The molecule has 4 aromatic rings. The minimum Gasteiger partial charge on any atom is -0.387 e. The molecule has 0 spiro atoms. The zero-order valence-corrected chi connectivity index (χ0v) is 23.2. The van der Waals surface area contributed by atoms with Gasteiger partial charge in [-0.25, -0.2) is 9.37 Å². The molecule has 0 bridgehead atoms. The molecule has 1 aliphatic rings. The first-order chi connectivity index (χ1) is 18.8. The molecule has 2 heterocycles. The van der Waals surface area contributed by atoms with Crippen LogP contribution >= 0.6 is 35.0 Å². The van der Waals surface area contributed by atoms with Gasteiger partial charge in [0, 0.05) is 28.1 Å². The third kappa shape index (κ3) is 6.49. The molecule has 5 rings (SSSR count). The smallest absolute Gasteiger partial charge is 0.181 e. The van der Waals surface area contributed by atoms with Crippen molar-refractivity contribution in [3.8, 4) is 11.3 Å². The number of benzene rings is 3. The Morgan fingerprint density at radius 3 is 2.62 bits per heavy atom. The molecule has 3 aromatic carbocycles. The second-order valence-corrected chi connectivity index (χ2v) is 11.4. The maximum absolute atomic E-state index is 13.8. The average Bonchev–Trinajstić information content (AvgIpc) is 3.42. The highest BCUT2D eigenvalue weighted by Gasteiger charge is 2.44. The van der Waals surface area contributed by atoms with Crippen molar-refractivity contribution in [3.63, 3.8) is 0 Å². The Labute approximate surface area is 240 Å². The summed E-state index contributed by atoms with van der Waals surface area (Å²) < 4.78 is 27.8. The van der Waals surface area contributed by atoms with Crippen molar-refractivity contribution in [2.75, 3.05) is 6.61 Å². The van der Waals surface area contributed by atoms with Gasteiger partial charge in [0.05, 0.1) is 40.8 Å². The predicted molar refractivity (Wildman–Crippen MR) is 150 cm³/mol. The van der Waals surface area contributed by atoms with Crippen LogP contribution in [0.3, 0.4) is 0 Å². The van der Waals surface area contributed by atoms with Crippen molar-refractivity contribution in [1.29, 1.82) is 0 Å². The molecule has 0 aliphatic carbocycles. The lowest BCUT2D eigenvalue weighted by molar-refractivity contribution is -0.185. The number of aromatic nitrogens is 2. The molecule has 1 saturated heterocycles. The highest BCUT2D eigenvalue weighted by molar-refractivity contribution is 7.99. The Hall–Kier alpha value is -2.43. The number of imidazole rings is 1. The lowest BCUT2D eigenvalue weighted by Crippen LogP contribution is -2.51. The largest absolute Gasteiger partial charge is 0.387 e. The van der Waals surface area contributed by atoms with Crippen LogP contribution in [0.1, 0.15) is 24.8 Å². The Bertz CT molecular complexity index is 1410. The molecule has 1 fully saturated rings. The van der Waals surface area contributed by atoms with Gasteiger partial charge in [-0.15, -0.1) is 0 Å². The summed E-state index contributed by atoms with van der Waals surface area (Å²) in [6.45, 7) is 2.04. The fourth-order valence-electron chi connectivity index (χ4n) is 4.69. The number of aliphatic hydroxyl groups is 2. The maximum atomic E-state index is 13.8. The number of rotatable bonds is 8. The van der Waals surface area contributed by atoms with Crippen LogP contribution in [0.5, 0.6) is 0 Å². The fraction of sp³-hybridized carbons (Fsp3) is 0.276. The Morgan fingerprint density at radius 1 is 1.08 bits per heavy atom. The molecule has 204 valence electrons. The SMILES string of the molecule is C[C@@H]1[C@H](n2cnc(-c3cccc(F)c3)c2)[C@@H](O)[C@@H](Sc2ccc(Cl)c(Cl)c2)O[C@@H]1COC(O)c1ccccc1. The zero-order valence-electron chi connectivity index (χ0n) is 20.9. The molecule has 6 nitrogen and oxygen atoms in total. The summed E-state index contributed by atoms with van der Waals surface area (Å²) in [5, 5.41) is 22.9. The van der Waals surface area contributed by atoms with E-state index >= 15 is 0 Å². The van der Waals surface area contributed by atoms with E-state index in [9.17, 15) is 14.6 Å². The molecule has 39 heavy (non-hydrogen) atoms. The van der Waals surface area contributed by atoms with E-state index in [2.05, 4.69) is 4.98 Å². The number of halogens is 3. The van der Waals surface area contributed by atoms with E-state index in [0.717, 1.165) is 4.90 Å². The summed E-state index contributed by atoms with van der Waals surface area (Å²) in [6.07, 6.45) is 0.887. The third-order valence-corrected chi connectivity index (χ3v) is 8.66. The monoisotopic (exact) mass is 588 g/mol. The van der Waals surface area contributed by atoms with Crippen molar-refractivity contribution in [3.05, 3.63) is 107 Å². The normalized spacial score (nSPS) is 24.0. The van der Waals surface area contributed by atoms with Gasteiger partial charge in [-0.05, 0) is 30.3 Å². The van der Waals surface area contributed by atoms with Crippen molar-refractivity contribution >= 4 is 35.0 Å². The van der Waals surface area contributed by atoms with E-state index in [-0.39, 0.29) is 18.3 Å². The van der Waals surface area contributed by atoms with E-state index in [1.54, 1.807) is 48.9 Å². The lowest BCUT2D eigenvalue weighted by atomic mass is 9.89. The molecular formula is C29H27Cl2FN2O4S. The number of ether oxygens (including phenoxy) is 2. The van der Waals surface area contributed by atoms with Gasteiger partial charge in [0.1, 0.15) is 17.4 Å². The van der Waals surface area contributed by atoms with Gasteiger partial charge in [-0.1, -0.05) is 84.4 Å². The van der Waals surface area contributed by atoms with Crippen LogP contribution in [0.25, 0.3) is 11.3 Å². The molecule has 1 aliphatic heterocycles. The van der Waals surface area contributed by atoms with Crippen LogP contribution < -0.4 is 0 Å². The summed E-state index contributed by atoms with van der Waals surface area (Å²) >= 11 is 13.6. The number of hydrogen-bond donors (Lipinski definition) is 2. The average molecular weight is 590 g/mol. The minimum atomic E-state index is -1.12. The number of nitrogens with zero attached hydrogens (tertiary/aromatic N) is 2. The summed E-state index contributed by atoms with van der Waals surface area (Å²) in [5.74, 6) is -0.586. The summed E-state index contributed by atoms with van der Waals surface area (Å²) in [6, 6.07) is 20.1. The molecule has 0 saturated carbocycles. The van der Waals surface area contributed by atoms with Gasteiger partial charge in [0.2, 0.25) is 0 Å². The van der Waals surface area contributed by atoms with Crippen molar-refractivity contribution in [2.24, 2.45) is 5.92 Å². The van der Waals surface area contributed by atoms with Crippen LogP contribution in [0.15, 0.2) is 90.2 Å². The topological polar surface area (TPSA) is 76.7 Å². The summed E-state index contributed by atoms with van der Waals surface area (Å²) in [4.78, 5) is 5.25. The highest BCUT2D eigenvalue weighted by atomic mass is 35.5. The number of hydrogen-bond acceptors (Lipinski definition) is 6. The molecule has 6 atom stereocenters. The van der Waals surface area contributed by atoms with Crippen LogP contribution in [0.2, 0.25) is 10.0 Å². The van der Waals surface area contributed by atoms with Gasteiger partial charge in [0.25, 0.3) is 0 Å². The van der Waals surface area contributed by atoms with Crippen molar-refractivity contribution < 1.29 is 24.1 Å². The Morgan fingerprint density at radius 2 is 1.87 bits per heavy atom. The zero-order chi connectivity index (χ0) is 27.5. The second kappa shape index (κ2) is 12.4. The van der Waals surface area contributed by atoms with E-state index < -0.39 is 30.0 Å². The Balaban J connectivity index is 1.41. The summed E-state index contributed by atoms with van der Waals surface area (Å²) in [7, 11) is 0. The van der Waals surface area contributed by atoms with Gasteiger partial charge in [0.15, 0.2) is 6.29 Å². The van der Waals surface area contributed by atoms with E-state index in [1.807, 2.05) is 35.8 Å². The van der Waals surface area contributed by atoms with Crippen LogP contribution in [-0.4, -0.2) is 44.0 Å². The van der Waals surface area contributed by atoms with E-state index in [4.69, 9.17) is 32.7 Å². The standard InChI is InChI=1S/C29H27Cl2FN2O4S/c1-17-25(15-37-28(36)18-6-3-2-4-7-18)38-29(39-21-10-11-22(30)23(31)13-21)27(35)26(17)34-14-24(33-16-34)19-8-5-9-20(32)12-19/h2-14,16-17,25-29,35-36H,15H2,1H3/t17-,25+,26-,27+,28?,29+/m0/s1. The van der Waals surface area contributed by atoms with Gasteiger partial charge in [-0.2, -0.15) is 0 Å². The Kier molecular flexibility index (Phi) is 8.93. The van der Waals surface area contributed by atoms with Crippen LogP contribution in [0.4, 0.5) is 4.39 Å². The second-order valence-electron chi connectivity index (χ2n) is 9.39. The van der Waals surface area contributed by atoms with Crippen LogP contribution in [0, 0.1) is 11.7 Å². The quantitative estimate of drug-likeness (QED) is 0.221. The maximum Gasteiger partial charge on any atom is 0.181 e. The van der Waals surface area contributed by atoms with Gasteiger partial charge < -0.3 is 24.3 Å². The lowest BCUT2D eigenvalue weighted by Gasteiger charge is -2.44. The fourth-order valence-corrected chi connectivity index (χ4v) is 6.15. The third-order valence-electron chi connectivity index (χ3n) is 6.78. The van der Waals surface area contributed by atoms with Crippen molar-refractivity contribution in [2.45, 2.75) is 41.8 Å². The number of thioether (sulfide) groups is 1. The van der Waals surface area contributed by atoms with Crippen molar-refractivity contribution in [1.82, 2.24) is 9.55 Å². The number of aliphatic hydroxyl groups excluding tert-OH is 2. The van der Waals surface area contributed by atoms with Crippen LogP contribution in [-0.2, 0) is 9.47 Å². The molecular weight excluding hydrogens is 562 g/mol. The molecule has 0 amide bonds. The molecule has 2 N–H and O–H groups in total.